The monoisotopic (exact) mass is 479 g/mol. The Labute approximate surface area is 176 Å². The summed E-state index contributed by atoms with van der Waals surface area (Å²) in [6.45, 7) is 18.5. The van der Waals surface area contributed by atoms with Gasteiger partial charge in [0, 0.05) is 18.5 Å². The maximum atomic E-state index is 5.79. The van der Waals surface area contributed by atoms with E-state index in [0.717, 1.165) is 50.9 Å². The number of aromatic nitrogens is 1. The molecule has 0 fully saturated rings. The minimum Gasteiger partial charge on any atom is -0.443 e. The third kappa shape index (κ3) is 9.75. The highest BCUT2D eigenvalue weighted by Crippen LogP contribution is 2.22. The molecule has 0 unspecified atom stereocenters. The predicted molar refractivity (Wildman–Crippen MR) is 120 cm³/mol. The molecule has 7 heteroatoms. The van der Waals surface area contributed by atoms with Crippen LogP contribution in [0.4, 0.5) is 0 Å². The summed E-state index contributed by atoms with van der Waals surface area (Å²) in [6, 6.07) is 0. The van der Waals surface area contributed by atoms with Crippen molar-refractivity contribution >= 4 is 29.9 Å². The largest absolute Gasteiger partial charge is 0.443 e. The molecule has 6 nitrogen and oxygen atoms in total. The number of halogens is 1. The van der Waals surface area contributed by atoms with E-state index in [9.17, 15) is 0 Å². The maximum absolute atomic E-state index is 5.79. The van der Waals surface area contributed by atoms with Crippen molar-refractivity contribution in [3.05, 3.63) is 17.8 Å². The minimum absolute atomic E-state index is 0. The number of aliphatic imine (C=N–C) groups is 1. The Morgan fingerprint density at radius 1 is 1.15 bits per heavy atom. The molecule has 1 aromatic heterocycles. The van der Waals surface area contributed by atoms with Crippen molar-refractivity contribution in [2.24, 2.45) is 4.99 Å². The summed E-state index contributed by atoms with van der Waals surface area (Å²) in [5.41, 5.74) is -0.0252. The van der Waals surface area contributed by atoms with Gasteiger partial charge < -0.3 is 20.0 Å². The summed E-state index contributed by atoms with van der Waals surface area (Å²) in [6.07, 6.45) is 4.13. The number of unbranched alkanes of at least 4 members (excludes halogenated alkanes) is 1. The first kappa shape index (κ1) is 25.2. The number of guanidine groups is 1. The van der Waals surface area contributed by atoms with Crippen molar-refractivity contribution in [3.63, 3.8) is 0 Å². The van der Waals surface area contributed by atoms with Crippen molar-refractivity contribution in [1.29, 1.82) is 0 Å². The van der Waals surface area contributed by atoms with E-state index in [4.69, 9.17) is 4.42 Å². The standard InChI is InChI=1S/C19H37N5O.HI/c1-7-20-18(21-12-10-11-13-24(8-2)9-3)23-15-17-22-14-16(25-17)19(4,5)6;/h14H,7-13,15H2,1-6H3,(H2,20,21,23);1H. The zero-order valence-corrected chi connectivity index (χ0v) is 19.7. The Kier molecular flexibility index (Phi) is 12.9. The maximum Gasteiger partial charge on any atom is 0.216 e. The molecule has 0 saturated carbocycles. The Bertz CT molecular complexity index is 506. The van der Waals surface area contributed by atoms with E-state index in [2.05, 4.69) is 67.1 Å². The molecular weight excluding hydrogens is 441 g/mol. The molecule has 1 heterocycles. The molecule has 0 aliphatic heterocycles. The molecule has 0 aromatic carbocycles. The van der Waals surface area contributed by atoms with Crippen LogP contribution in [0.25, 0.3) is 0 Å². The van der Waals surface area contributed by atoms with Gasteiger partial charge in [-0.15, -0.1) is 24.0 Å². The smallest absolute Gasteiger partial charge is 0.216 e. The number of hydrogen-bond donors (Lipinski definition) is 2. The molecule has 0 atom stereocenters. The van der Waals surface area contributed by atoms with Crippen LogP contribution in [0.15, 0.2) is 15.6 Å². The molecule has 0 spiro atoms. The summed E-state index contributed by atoms with van der Waals surface area (Å²) in [5.74, 6) is 2.37. The Balaban J connectivity index is 0.00000625. The average Bonchev–Trinajstić information content (AvgIpc) is 3.05. The van der Waals surface area contributed by atoms with Crippen molar-refractivity contribution in [2.75, 3.05) is 32.7 Å². The summed E-state index contributed by atoms with van der Waals surface area (Å²) < 4.78 is 5.79. The van der Waals surface area contributed by atoms with E-state index in [0.29, 0.717) is 12.4 Å². The fourth-order valence-corrected chi connectivity index (χ4v) is 2.43. The lowest BCUT2D eigenvalue weighted by Gasteiger charge is -2.17. The summed E-state index contributed by atoms with van der Waals surface area (Å²) >= 11 is 0. The van der Waals surface area contributed by atoms with Crippen molar-refractivity contribution < 1.29 is 4.42 Å². The number of nitrogens with one attached hydrogen (secondary N) is 2. The Morgan fingerprint density at radius 3 is 2.38 bits per heavy atom. The van der Waals surface area contributed by atoms with E-state index in [-0.39, 0.29) is 29.4 Å². The topological polar surface area (TPSA) is 65.7 Å². The van der Waals surface area contributed by atoms with E-state index in [1.807, 2.05) is 0 Å². The summed E-state index contributed by atoms with van der Waals surface area (Å²) in [4.78, 5) is 11.4. The van der Waals surface area contributed by atoms with Gasteiger partial charge in [-0.1, -0.05) is 34.6 Å². The second-order valence-corrected chi connectivity index (χ2v) is 7.22. The fourth-order valence-electron chi connectivity index (χ4n) is 2.43. The van der Waals surface area contributed by atoms with Crippen LogP contribution < -0.4 is 10.6 Å². The molecule has 1 rings (SSSR count). The molecule has 0 aliphatic carbocycles. The first-order valence-corrected chi connectivity index (χ1v) is 9.60. The van der Waals surface area contributed by atoms with Crippen LogP contribution in [-0.2, 0) is 12.0 Å². The summed E-state index contributed by atoms with van der Waals surface area (Å²) in [5, 5.41) is 6.66. The number of oxazole rings is 1. The van der Waals surface area contributed by atoms with Gasteiger partial charge in [-0.2, -0.15) is 0 Å². The number of rotatable bonds is 10. The number of nitrogens with zero attached hydrogens (tertiary/aromatic N) is 3. The van der Waals surface area contributed by atoms with Crippen LogP contribution in [0.3, 0.4) is 0 Å². The van der Waals surface area contributed by atoms with E-state index in [1.54, 1.807) is 6.20 Å². The van der Waals surface area contributed by atoms with Gasteiger partial charge in [0.15, 0.2) is 5.96 Å². The van der Waals surface area contributed by atoms with Crippen LogP contribution in [0.5, 0.6) is 0 Å². The molecule has 2 N–H and O–H groups in total. The van der Waals surface area contributed by atoms with Gasteiger partial charge in [0.2, 0.25) is 5.89 Å². The molecule has 26 heavy (non-hydrogen) atoms. The van der Waals surface area contributed by atoms with Crippen molar-refractivity contribution in [1.82, 2.24) is 20.5 Å². The molecule has 0 saturated heterocycles. The molecule has 0 radical (unpaired) electrons. The normalized spacial score (nSPS) is 12.2. The van der Waals surface area contributed by atoms with Crippen molar-refractivity contribution in [3.8, 4) is 0 Å². The molecule has 0 aliphatic rings. The SMILES string of the molecule is CCNC(=NCc1ncc(C(C)(C)C)o1)NCCCCN(CC)CC.I. The number of hydrogen-bond acceptors (Lipinski definition) is 4. The second-order valence-electron chi connectivity index (χ2n) is 7.22. The van der Waals surface area contributed by atoms with Gasteiger partial charge in [-0.25, -0.2) is 9.98 Å². The van der Waals surface area contributed by atoms with E-state index in [1.165, 1.54) is 6.42 Å². The third-order valence-electron chi connectivity index (χ3n) is 4.10. The third-order valence-corrected chi connectivity index (χ3v) is 4.10. The van der Waals surface area contributed by atoms with Crippen LogP contribution >= 0.6 is 24.0 Å². The van der Waals surface area contributed by atoms with Gasteiger partial charge in [0.1, 0.15) is 12.3 Å². The van der Waals surface area contributed by atoms with Crippen LogP contribution in [0.2, 0.25) is 0 Å². The lowest BCUT2D eigenvalue weighted by molar-refractivity contribution is 0.297. The molecule has 0 amide bonds. The van der Waals surface area contributed by atoms with Gasteiger partial charge in [-0.05, 0) is 39.4 Å². The van der Waals surface area contributed by atoms with Crippen LogP contribution in [0, 0.1) is 0 Å². The molecule has 1 aromatic rings. The van der Waals surface area contributed by atoms with Crippen LogP contribution in [-0.4, -0.2) is 48.6 Å². The summed E-state index contributed by atoms with van der Waals surface area (Å²) in [7, 11) is 0. The highest BCUT2D eigenvalue weighted by atomic mass is 127. The molecular formula is C19H38IN5O. The average molecular weight is 479 g/mol. The second kappa shape index (κ2) is 13.4. The zero-order chi connectivity index (χ0) is 18.7. The van der Waals surface area contributed by atoms with Gasteiger partial charge in [-0.3, -0.25) is 0 Å². The zero-order valence-electron chi connectivity index (χ0n) is 17.4. The van der Waals surface area contributed by atoms with Gasteiger partial charge >= 0.3 is 0 Å². The fraction of sp³-hybridized carbons (Fsp3) is 0.789. The Hall–Kier alpha value is -0.830. The van der Waals surface area contributed by atoms with Crippen LogP contribution in [0.1, 0.15) is 66.0 Å². The lowest BCUT2D eigenvalue weighted by atomic mass is 9.94. The first-order valence-electron chi connectivity index (χ1n) is 9.60. The lowest BCUT2D eigenvalue weighted by Crippen LogP contribution is -2.38. The highest BCUT2D eigenvalue weighted by Gasteiger charge is 2.18. The van der Waals surface area contributed by atoms with Gasteiger partial charge in [0.05, 0.1) is 6.20 Å². The quantitative estimate of drug-likeness (QED) is 0.232. The molecule has 152 valence electrons. The van der Waals surface area contributed by atoms with Gasteiger partial charge in [0.25, 0.3) is 0 Å². The highest BCUT2D eigenvalue weighted by molar-refractivity contribution is 14.0. The first-order chi connectivity index (χ1) is 11.9. The van der Waals surface area contributed by atoms with Crippen molar-refractivity contribution in [2.45, 2.75) is 66.3 Å². The minimum atomic E-state index is -0.0252. The Morgan fingerprint density at radius 2 is 1.85 bits per heavy atom. The molecule has 0 bridgehead atoms. The van der Waals surface area contributed by atoms with E-state index < -0.39 is 0 Å². The van der Waals surface area contributed by atoms with E-state index >= 15 is 0 Å². The predicted octanol–water partition coefficient (Wildman–Crippen LogP) is 3.77.